The van der Waals surface area contributed by atoms with Gasteiger partial charge in [0.05, 0.1) is 28.7 Å². The molecule has 0 unspecified atom stereocenters. The number of pyridine rings is 3. The maximum Gasteiger partial charge on any atom is 0.329 e. The largest absolute Gasteiger partial charge is 0.379 e. The fraction of sp³-hybridized carbons (Fsp3) is 0.320. The van der Waals surface area contributed by atoms with Gasteiger partial charge in [0, 0.05) is 55.6 Å². The van der Waals surface area contributed by atoms with Crippen molar-refractivity contribution in [3.8, 4) is 11.3 Å². The van der Waals surface area contributed by atoms with Gasteiger partial charge < -0.3 is 9.64 Å². The number of aryl methyl sites for hydroxylation is 1. The molecule has 5 heterocycles. The van der Waals surface area contributed by atoms with Crippen LogP contribution in [0.2, 0.25) is 0 Å². The van der Waals surface area contributed by atoms with Crippen molar-refractivity contribution in [1.29, 1.82) is 0 Å². The molecule has 174 valence electrons. The lowest BCUT2D eigenvalue weighted by Crippen LogP contribution is -2.40. The number of methoxy groups -OCH3 is 1. The van der Waals surface area contributed by atoms with Crippen LogP contribution >= 0.6 is 0 Å². The van der Waals surface area contributed by atoms with Crippen LogP contribution in [0.3, 0.4) is 0 Å². The molecule has 1 aliphatic heterocycles. The molecule has 1 N–H and O–H groups in total. The number of rotatable bonds is 5. The zero-order valence-corrected chi connectivity index (χ0v) is 19.2. The van der Waals surface area contributed by atoms with E-state index in [0.717, 1.165) is 42.9 Å². The summed E-state index contributed by atoms with van der Waals surface area (Å²) in [6, 6.07) is 7.54. The van der Waals surface area contributed by atoms with Gasteiger partial charge in [0.15, 0.2) is 0 Å². The summed E-state index contributed by atoms with van der Waals surface area (Å²) in [4.78, 5) is 44.1. The predicted octanol–water partition coefficient (Wildman–Crippen LogP) is 2.80. The number of hydrogen-bond donors (Lipinski definition) is 1. The summed E-state index contributed by atoms with van der Waals surface area (Å²) >= 11 is 0. The van der Waals surface area contributed by atoms with Gasteiger partial charge in [-0.2, -0.15) is 0 Å². The fourth-order valence-electron chi connectivity index (χ4n) is 4.62. The van der Waals surface area contributed by atoms with Crippen LogP contribution in [0.5, 0.6) is 0 Å². The van der Waals surface area contributed by atoms with E-state index < -0.39 is 11.2 Å². The van der Waals surface area contributed by atoms with Crippen LogP contribution in [-0.2, 0) is 4.74 Å². The summed E-state index contributed by atoms with van der Waals surface area (Å²) in [7, 11) is 1.65. The summed E-state index contributed by atoms with van der Waals surface area (Å²) < 4.78 is 6.90. The summed E-state index contributed by atoms with van der Waals surface area (Å²) in [6.45, 7) is 7.99. The van der Waals surface area contributed by atoms with Crippen molar-refractivity contribution >= 4 is 21.9 Å². The van der Waals surface area contributed by atoms with Crippen molar-refractivity contribution in [2.24, 2.45) is 0 Å². The number of nitrogens with zero attached hydrogens (tertiary/aromatic N) is 5. The molecule has 0 spiro atoms. The monoisotopic (exact) mass is 458 g/mol. The molecule has 1 fully saturated rings. The van der Waals surface area contributed by atoms with Crippen LogP contribution in [0.1, 0.15) is 24.6 Å². The standard InChI is InChI=1S/C25H26N6O3/c1-15-4-5-17(12-26-15)20-6-7-21-22(28-20)23-19(13-27-21)24(32)29-25(33)31(23)18-8-10-30(11-9-18)16(2)14-34-3/h4-7,12-13,18H,2,8-11,14H2,1,3H3,(H,29,32,33). The van der Waals surface area contributed by atoms with Crippen molar-refractivity contribution < 1.29 is 4.74 Å². The number of H-pyrrole nitrogens is 1. The molecule has 0 aromatic carbocycles. The molecule has 4 aromatic rings. The molecule has 0 atom stereocenters. The van der Waals surface area contributed by atoms with E-state index >= 15 is 0 Å². The van der Waals surface area contributed by atoms with E-state index in [1.54, 1.807) is 17.9 Å². The van der Waals surface area contributed by atoms with Crippen molar-refractivity contribution in [3.05, 3.63) is 75.5 Å². The Labute approximate surface area is 195 Å². The van der Waals surface area contributed by atoms with Crippen LogP contribution in [0.15, 0.2) is 58.5 Å². The van der Waals surface area contributed by atoms with Crippen LogP contribution < -0.4 is 11.2 Å². The third-order valence-electron chi connectivity index (χ3n) is 6.41. The molecular formula is C25H26N6O3. The smallest absolute Gasteiger partial charge is 0.329 e. The lowest BCUT2D eigenvalue weighted by Gasteiger charge is -2.35. The average Bonchev–Trinajstić information content (AvgIpc) is 2.84. The lowest BCUT2D eigenvalue weighted by molar-refractivity contribution is 0.163. The van der Waals surface area contributed by atoms with Gasteiger partial charge in [0.25, 0.3) is 5.56 Å². The minimum atomic E-state index is -0.458. The molecule has 9 heteroatoms. The zero-order chi connectivity index (χ0) is 23.8. The molecule has 0 saturated carbocycles. The molecule has 1 aliphatic rings. The van der Waals surface area contributed by atoms with Gasteiger partial charge in [0.1, 0.15) is 5.52 Å². The highest BCUT2D eigenvalue weighted by Crippen LogP contribution is 2.29. The van der Waals surface area contributed by atoms with Crippen LogP contribution in [-0.4, -0.2) is 56.2 Å². The second-order valence-corrected chi connectivity index (χ2v) is 8.62. The molecule has 4 aromatic heterocycles. The highest BCUT2D eigenvalue weighted by molar-refractivity contribution is 6.01. The van der Waals surface area contributed by atoms with E-state index in [4.69, 9.17) is 9.72 Å². The third-order valence-corrected chi connectivity index (χ3v) is 6.41. The van der Waals surface area contributed by atoms with E-state index in [1.807, 2.05) is 31.2 Å². The molecule has 0 amide bonds. The number of piperidine rings is 1. The Morgan fingerprint density at radius 1 is 1.15 bits per heavy atom. The first kappa shape index (κ1) is 22.0. The molecule has 34 heavy (non-hydrogen) atoms. The van der Waals surface area contributed by atoms with E-state index in [1.165, 1.54) is 6.20 Å². The van der Waals surface area contributed by atoms with E-state index in [0.29, 0.717) is 34.2 Å². The van der Waals surface area contributed by atoms with E-state index in [-0.39, 0.29) is 6.04 Å². The fourth-order valence-corrected chi connectivity index (χ4v) is 4.62. The molecule has 1 saturated heterocycles. The molecule has 9 nitrogen and oxygen atoms in total. The zero-order valence-electron chi connectivity index (χ0n) is 19.2. The first-order valence-corrected chi connectivity index (χ1v) is 11.2. The quantitative estimate of drug-likeness (QED) is 0.459. The van der Waals surface area contributed by atoms with Crippen LogP contribution in [0.4, 0.5) is 0 Å². The van der Waals surface area contributed by atoms with Crippen LogP contribution in [0.25, 0.3) is 33.2 Å². The maximum atomic E-state index is 13.1. The van der Waals surface area contributed by atoms with E-state index in [9.17, 15) is 9.59 Å². The summed E-state index contributed by atoms with van der Waals surface area (Å²) in [5.74, 6) is 0. The number of aromatic nitrogens is 5. The lowest BCUT2D eigenvalue weighted by atomic mass is 10.0. The van der Waals surface area contributed by atoms with Gasteiger partial charge in [-0.25, -0.2) is 9.78 Å². The van der Waals surface area contributed by atoms with Crippen molar-refractivity contribution in [3.63, 3.8) is 0 Å². The Morgan fingerprint density at radius 2 is 1.94 bits per heavy atom. The average molecular weight is 459 g/mol. The summed E-state index contributed by atoms with van der Waals surface area (Å²) in [5, 5.41) is 0.352. The first-order valence-electron chi connectivity index (χ1n) is 11.2. The molecule has 0 bridgehead atoms. The second kappa shape index (κ2) is 8.83. The molecule has 0 aliphatic carbocycles. The topological polar surface area (TPSA) is 106 Å². The summed E-state index contributed by atoms with van der Waals surface area (Å²) in [6.07, 6.45) is 4.76. The Bertz CT molecular complexity index is 1500. The SMILES string of the molecule is C=C(COC)N1CCC(n2c(=O)[nH]c(=O)c3cnc4ccc(-c5ccc(C)nc5)nc4c32)CC1. The van der Waals surface area contributed by atoms with Gasteiger partial charge in [-0.05, 0) is 44.0 Å². The predicted molar refractivity (Wildman–Crippen MR) is 131 cm³/mol. The van der Waals surface area contributed by atoms with Gasteiger partial charge in [-0.15, -0.1) is 0 Å². The van der Waals surface area contributed by atoms with Crippen molar-refractivity contribution in [2.45, 2.75) is 25.8 Å². The molecule has 5 rings (SSSR count). The molecular weight excluding hydrogens is 432 g/mol. The Kier molecular flexibility index (Phi) is 5.70. The number of aromatic amines is 1. The van der Waals surface area contributed by atoms with E-state index in [2.05, 4.69) is 26.4 Å². The van der Waals surface area contributed by atoms with Gasteiger partial charge >= 0.3 is 5.69 Å². The van der Waals surface area contributed by atoms with Gasteiger partial charge in [-0.3, -0.25) is 24.3 Å². The van der Waals surface area contributed by atoms with Gasteiger partial charge in [-0.1, -0.05) is 6.58 Å². The number of fused-ring (bicyclic) bond motifs is 3. The first-order chi connectivity index (χ1) is 16.5. The second-order valence-electron chi connectivity index (χ2n) is 8.62. The highest BCUT2D eigenvalue weighted by Gasteiger charge is 2.25. The molecule has 0 radical (unpaired) electrons. The number of hydrogen-bond acceptors (Lipinski definition) is 7. The third kappa shape index (κ3) is 3.88. The number of ether oxygens (including phenoxy) is 1. The number of likely N-dealkylation sites (tertiary alicyclic amines) is 1. The van der Waals surface area contributed by atoms with Crippen LogP contribution in [0, 0.1) is 6.92 Å². The highest BCUT2D eigenvalue weighted by atomic mass is 16.5. The van der Waals surface area contributed by atoms with Gasteiger partial charge in [0.2, 0.25) is 0 Å². The summed E-state index contributed by atoms with van der Waals surface area (Å²) in [5.41, 5.74) is 4.20. The Balaban J connectivity index is 1.65. The Morgan fingerprint density at radius 3 is 2.65 bits per heavy atom. The van der Waals surface area contributed by atoms with Crippen molar-refractivity contribution in [2.75, 3.05) is 26.8 Å². The normalized spacial score (nSPS) is 14.7. The maximum absolute atomic E-state index is 13.1. The minimum Gasteiger partial charge on any atom is -0.379 e. The van der Waals surface area contributed by atoms with Crippen molar-refractivity contribution in [1.82, 2.24) is 29.4 Å². The Hall–Kier alpha value is -3.85. The number of nitrogens with one attached hydrogen (secondary N) is 1. The minimum absolute atomic E-state index is 0.0875.